The van der Waals surface area contributed by atoms with Gasteiger partial charge in [0, 0.05) is 35.3 Å². The highest BCUT2D eigenvalue weighted by Gasteiger charge is 2.27. The molecular weight excluding hydrogens is 364 g/mol. The minimum atomic E-state index is -0.710. The SMILES string of the molecule is Nc1nc(NCc2cc(F)cc3[nH]ccc23)nc(-c2cc(C3CC3)[nH]n2)c1F. The lowest BCUT2D eigenvalue weighted by atomic mass is 10.1. The Labute approximate surface area is 158 Å². The number of H-pyrrole nitrogens is 2. The molecule has 0 atom stereocenters. The Bertz CT molecular complexity index is 1180. The van der Waals surface area contributed by atoms with Crippen LogP contribution in [-0.4, -0.2) is 25.1 Å². The number of benzene rings is 1. The second kappa shape index (κ2) is 6.29. The van der Waals surface area contributed by atoms with E-state index in [1.54, 1.807) is 12.3 Å². The van der Waals surface area contributed by atoms with E-state index in [1.807, 2.05) is 6.07 Å². The predicted octanol–water partition coefficient (Wildman–Crippen LogP) is 3.70. The maximum absolute atomic E-state index is 14.5. The van der Waals surface area contributed by atoms with Gasteiger partial charge in [-0.15, -0.1) is 0 Å². The topological polar surface area (TPSA) is 108 Å². The Hall–Kier alpha value is -3.49. The van der Waals surface area contributed by atoms with E-state index in [1.165, 1.54) is 12.1 Å². The van der Waals surface area contributed by atoms with Crippen molar-refractivity contribution >= 4 is 22.7 Å². The van der Waals surface area contributed by atoms with Gasteiger partial charge in [-0.25, -0.2) is 13.8 Å². The minimum Gasteiger partial charge on any atom is -0.381 e. The number of nitrogens with one attached hydrogen (secondary N) is 3. The highest BCUT2D eigenvalue weighted by molar-refractivity contribution is 5.83. The molecule has 1 aliphatic carbocycles. The molecule has 3 heterocycles. The van der Waals surface area contributed by atoms with Crippen molar-refractivity contribution in [3.05, 3.63) is 53.4 Å². The van der Waals surface area contributed by atoms with E-state index in [2.05, 4.69) is 30.5 Å². The molecular formula is C19H17F2N7. The lowest BCUT2D eigenvalue weighted by molar-refractivity contribution is 0.623. The van der Waals surface area contributed by atoms with Crippen molar-refractivity contribution in [3.63, 3.8) is 0 Å². The van der Waals surface area contributed by atoms with Gasteiger partial charge in [0.2, 0.25) is 5.95 Å². The molecule has 1 aromatic carbocycles. The molecule has 142 valence electrons. The monoisotopic (exact) mass is 381 g/mol. The number of fused-ring (bicyclic) bond motifs is 1. The van der Waals surface area contributed by atoms with Gasteiger partial charge in [-0.2, -0.15) is 10.1 Å². The molecule has 0 radical (unpaired) electrons. The molecule has 0 amide bonds. The maximum atomic E-state index is 14.5. The molecule has 0 spiro atoms. The number of nitrogens with two attached hydrogens (primary N) is 1. The summed E-state index contributed by atoms with van der Waals surface area (Å²) in [6.07, 6.45) is 3.95. The zero-order chi connectivity index (χ0) is 19.3. The van der Waals surface area contributed by atoms with E-state index in [0.717, 1.165) is 29.5 Å². The fraction of sp³-hybridized carbons (Fsp3) is 0.211. The van der Waals surface area contributed by atoms with Crippen LogP contribution in [0.1, 0.15) is 30.0 Å². The van der Waals surface area contributed by atoms with E-state index in [0.29, 0.717) is 17.1 Å². The summed E-state index contributed by atoms with van der Waals surface area (Å²) in [4.78, 5) is 11.2. The molecule has 4 aromatic rings. The summed E-state index contributed by atoms with van der Waals surface area (Å²) >= 11 is 0. The molecule has 0 aliphatic heterocycles. The maximum Gasteiger partial charge on any atom is 0.225 e. The normalized spacial score (nSPS) is 13.9. The number of nitrogen functional groups attached to an aromatic ring is 1. The van der Waals surface area contributed by atoms with Crippen molar-refractivity contribution in [1.29, 1.82) is 0 Å². The average Bonchev–Trinajstić information content (AvgIpc) is 3.21. The van der Waals surface area contributed by atoms with Gasteiger partial charge in [-0.1, -0.05) is 0 Å². The van der Waals surface area contributed by atoms with Crippen LogP contribution < -0.4 is 11.1 Å². The van der Waals surface area contributed by atoms with Crippen LogP contribution in [0.4, 0.5) is 20.5 Å². The van der Waals surface area contributed by atoms with Crippen LogP contribution in [-0.2, 0) is 6.54 Å². The molecule has 1 fully saturated rings. The first-order valence-electron chi connectivity index (χ1n) is 8.96. The van der Waals surface area contributed by atoms with Gasteiger partial charge in [0.1, 0.15) is 17.2 Å². The molecule has 0 unspecified atom stereocenters. The Morgan fingerprint density at radius 3 is 2.86 bits per heavy atom. The molecule has 28 heavy (non-hydrogen) atoms. The molecule has 3 aromatic heterocycles. The second-order valence-corrected chi connectivity index (χ2v) is 6.94. The second-order valence-electron chi connectivity index (χ2n) is 6.94. The van der Waals surface area contributed by atoms with Gasteiger partial charge < -0.3 is 16.0 Å². The Balaban J connectivity index is 1.45. The van der Waals surface area contributed by atoms with E-state index in [9.17, 15) is 8.78 Å². The van der Waals surface area contributed by atoms with Crippen LogP contribution in [0.25, 0.3) is 22.3 Å². The largest absolute Gasteiger partial charge is 0.381 e. The number of halogens is 2. The third kappa shape index (κ3) is 2.94. The molecule has 0 saturated heterocycles. The Morgan fingerprint density at radius 2 is 2.04 bits per heavy atom. The van der Waals surface area contributed by atoms with Crippen molar-refractivity contribution in [2.75, 3.05) is 11.1 Å². The minimum absolute atomic E-state index is 0.0317. The molecule has 0 bridgehead atoms. The van der Waals surface area contributed by atoms with Crippen LogP contribution >= 0.6 is 0 Å². The summed E-state index contributed by atoms with van der Waals surface area (Å²) in [5, 5.41) is 11.0. The standard InChI is InChI=1S/C19H17F2N7/c20-11-5-10(12-3-4-23-14(12)6-11)8-24-19-25-17(16(21)18(22)26-19)15-7-13(27-28-15)9-1-2-9/h3-7,9,23H,1-2,8H2,(H,27,28)(H3,22,24,25,26). The van der Waals surface area contributed by atoms with Gasteiger partial charge in [-0.05, 0) is 42.7 Å². The van der Waals surface area contributed by atoms with Gasteiger partial charge in [0.05, 0.1) is 0 Å². The number of rotatable bonds is 5. The summed E-state index contributed by atoms with van der Waals surface area (Å²) in [7, 11) is 0. The summed E-state index contributed by atoms with van der Waals surface area (Å²) in [6.45, 7) is 0.254. The summed E-state index contributed by atoms with van der Waals surface area (Å²) in [5.41, 5.74) is 8.54. The first-order chi connectivity index (χ1) is 13.6. The van der Waals surface area contributed by atoms with Crippen LogP contribution in [0.15, 0.2) is 30.5 Å². The number of aromatic nitrogens is 5. The predicted molar refractivity (Wildman–Crippen MR) is 102 cm³/mol. The number of hydrogen-bond donors (Lipinski definition) is 4. The van der Waals surface area contributed by atoms with Crippen LogP contribution in [0, 0.1) is 11.6 Å². The van der Waals surface area contributed by atoms with Gasteiger partial charge in [-0.3, -0.25) is 5.10 Å². The first kappa shape index (κ1) is 16.7. The first-order valence-corrected chi connectivity index (χ1v) is 8.96. The molecule has 9 heteroatoms. The Morgan fingerprint density at radius 1 is 1.18 bits per heavy atom. The number of hydrogen-bond acceptors (Lipinski definition) is 5. The highest BCUT2D eigenvalue weighted by Crippen LogP contribution is 2.40. The zero-order valence-electron chi connectivity index (χ0n) is 14.8. The van der Waals surface area contributed by atoms with Crippen LogP contribution in [0.5, 0.6) is 0 Å². The molecule has 5 N–H and O–H groups in total. The van der Waals surface area contributed by atoms with Gasteiger partial charge in [0.15, 0.2) is 11.6 Å². The van der Waals surface area contributed by atoms with E-state index < -0.39 is 5.82 Å². The van der Waals surface area contributed by atoms with E-state index in [4.69, 9.17) is 5.73 Å². The number of anilines is 2. The molecule has 5 rings (SSSR count). The van der Waals surface area contributed by atoms with Gasteiger partial charge in [0.25, 0.3) is 0 Å². The van der Waals surface area contributed by atoms with Crippen molar-refractivity contribution in [2.24, 2.45) is 0 Å². The molecule has 1 aliphatic rings. The highest BCUT2D eigenvalue weighted by atomic mass is 19.1. The lowest BCUT2D eigenvalue weighted by Gasteiger charge is -2.09. The molecule has 1 saturated carbocycles. The van der Waals surface area contributed by atoms with Crippen LogP contribution in [0.3, 0.4) is 0 Å². The van der Waals surface area contributed by atoms with E-state index in [-0.39, 0.29) is 29.8 Å². The fourth-order valence-corrected chi connectivity index (χ4v) is 3.30. The van der Waals surface area contributed by atoms with Crippen molar-refractivity contribution in [2.45, 2.75) is 25.3 Å². The van der Waals surface area contributed by atoms with Crippen molar-refractivity contribution in [1.82, 2.24) is 25.1 Å². The summed E-state index contributed by atoms with van der Waals surface area (Å²) in [6, 6.07) is 6.52. The molecule has 7 nitrogen and oxygen atoms in total. The van der Waals surface area contributed by atoms with Crippen molar-refractivity contribution in [3.8, 4) is 11.4 Å². The van der Waals surface area contributed by atoms with E-state index >= 15 is 0 Å². The summed E-state index contributed by atoms with van der Waals surface area (Å²) in [5.74, 6) is -0.723. The van der Waals surface area contributed by atoms with Gasteiger partial charge >= 0.3 is 0 Å². The average molecular weight is 381 g/mol. The smallest absolute Gasteiger partial charge is 0.225 e. The quantitative estimate of drug-likeness (QED) is 0.422. The fourth-order valence-electron chi connectivity index (χ4n) is 3.30. The third-order valence-corrected chi connectivity index (χ3v) is 4.89. The number of aromatic amines is 2. The third-order valence-electron chi connectivity index (χ3n) is 4.89. The Kier molecular flexibility index (Phi) is 3.75. The van der Waals surface area contributed by atoms with Crippen molar-refractivity contribution < 1.29 is 8.78 Å². The lowest BCUT2D eigenvalue weighted by Crippen LogP contribution is -2.09. The summed E-state index contributed by atoms with van der Waals surface area (Å²) < 4.78 is 28.3. The van der Waals surface area contributed by atoms with Crippen LogP contribution in [0.2, 0.25) is 0 Å². The zero-order valence-corrected chi connectivity index (χ0v) is 14.8. The number of nitrogens with zero attached hydrogens (tertiary/aromatic N) is 3.